The Bertz CT molecular complexity index is 754. The molecule has 134 valence electrons. The van der Waals surface area contributed by atoms with Gasteiger partial charge in [-0.25, -0.2) is 0 Å². The number of amides is 1. The van der Waals surface area contributed by atoms with Gasteiger partial charge in [0.1, 0.15) is 5.69 Å². The number of carbonyl (C=O) groups is 1. The Kier molecular flexibility index (Phi) is 6.10. The zero-order valence-corrected chi connectivity index (χ0v) is 14.6. The number of hydrogen-bond acceptors (Lipinski definition) is 5. The molecule has 0 aliphatic carbocycles. The summed E-state index contributed by atoms with van der Waals surface area (Å²) < 4.78 is 0. The first kappa shape index (κ1) is 18.4. The highest BCUT2D eigenvalue weighted by molar-refractivity contribution is 5.95. The lowest BCUT2D eigenvalue weighted by Crippen LogP contribution is -2.30. The molecule has 25 heavy (non-hydrogen) atoms. The zero-order valence-electron chi connectivity index (χ0n) is 14.6. The maximum Gasteiger partial charge on any atom is 0.293 e. The van der Waals surface area contributed by atoms with Crippen LogP contribution in [-0.2, 0) is 6.42 Å². The average Bonchev–Trinajstić information content (AvgIpc) is 2.96. The van der Waals surface area contributed by atoms with Gasteiger partial charge in [0.2, 0.25) is 0 Å². The second-order valence-corrected chi connectivity index (χ2v) is 6.17. The Balaban J connectivity index is 2.01. The van der Waals surface area contributed by atoms with Gasteiger partial charge in [0.15, 0.2) is 0 Å². The number of H-pyrrole nitrogens is 1. The number of nitro benzene ring substituents is 1. The number of rotatable bonds is 8. The molecule has 2 aromatic rings. The molecular weight excluding hydrogens is 322 g/mol. The van der Waals surface area contributed by atoms with Crippen LogP contribution in [0.25, 0.3) is 0 Å². The normalized spacial score (nSPS) is 10.7. The third-order valence-corrected chi connectivity index (χ3v) is 3.75. The highest BCUT2D eigenvalue weighted by atomic mass is 16.6. The molecule has 8 heteroatoms. The van der Waals surface area contributed by atoms with Gasteiger partial charge in [0.05, 0.1) is 11.1 Å². The molecule has 0 radical (unpaired) electrons. The lowest BCUT2D eigenvalue weighted by atomic mass is 10.1. The van der Waals surface area contributed by atoms with Gasteiger partial charge < -0.3 is 10.6 Å². The van der Waals surface area contributed by atoms with Crippen molar-refractivity contribution in [3.8, 4) is 0 Å². The van der Waals surface area contributed by atoms with Gasteiger partial charge in [0.25, 0.3) is 11.6 Å². The van der Waals surface area contributed by atoms with E-state index in [4.69, 9.17) is 0 Å². The number of nitrogens with one attached hydrogen (secondary N) is 3. The van der Waals surface area contributed by atoms with Crippen molar-refractivity contribution in [3.05, 3.63) is 51.3 Å². The molecular formula is C17H23N5O3. The summed E-state index contributed by atoms with van der Waals surface area (Å²) in [4.78, 5) is 22.8. The van der Waals surface area contributed by atoms with Gasteiger partial charge in [-0.3, -0.25) is 20.0 Å². The molecule has 1 amide bonds. The monoisotopic (exact) mass is 345 g/mol. The summed E-state index contributed by atoms with van der Waals surface area (Å²) in [5.74, 6) is -0.319. The largest absolute Gasteiger partial charge is 0.379 e. The number of hydrogen-bond donors (Lipinski definition) is 3. The summed E-state index contributed by atoms with van der Waals surface area (Å²) in [7, 11) is 0. The molecule has 0 saturated carbocycles. The second-order valence-electron chi connectivity index (χ2n) is 6.17. The molecule has 0 aliphatic rings. The number of aromatic nitrogens is 2. The molecule has 0 spiro atoms. The third kappa shape index (κ3) is 5.03. The first-order valence-electron chi connectivity index (χ1n) is 8.20. The van der Waals surface area contributed by atoms with Crippen LogP contribution in [-0.4, -0.2) is 33.6 Å². The summed E-state index contributed by atoms with van der Waals surface area (Å²) in [6.07, 6.45) is 3.44. The van der Waals surface area contributed by atoms with E-state index in [1.807, 2.05) is 20.8 Å². The fourth-order valence-electron chi connectivity index (χ4n) is 2.45. The molecule has 0 saturated heterocycles. The number of nitro groups is 1. The van der Waals surface area contributed by atoms with Crippen LogP contribution in [0.1, 0.15) is 41.9 Å². The van der Waals surface area contributed by atoms with E-state index in [1.54, 1.807) is 18.3 Å². The molecule has 0 atom stereocenters. The first-order valence-corrected chi connectivity index (χ1v) is 8.20. The van der Waals surface area contributed by atoms with Crippen LogP contribution in [0.2, 0.25) is 0 Å². The highest BCUT2D eigenvalue weighted by Gasteiger charge is 2.17. The van der Waals surface area contributed by atoms with Crippen molar-refractivity contribution >= 4 is 17.3 Å². The minimum absolute atomic E-state index is 0.0317. The molecule has 1 aromatic carbocycles. The van der Waals surface area contributed by atoms with E-state index in [-0.39, 0.29) is 23.2 Å². The van der Waals surface area contributed by atoms with Crippen LogP contribution in [0, 0.1) is 17.0 Å². The lowest BCUT2D eigenvalue weighted by molar-refractivity contribution is -0.384. The van der Waals surface area contributed by atoms with Crippen LogP contribution >= 0.6 is 0 Å². The number of anilines is 1. The molecule has 0 fully saturated rings. The van der Waals surface area contributed by atoms with E-state index in [9.17, 15) is 14.9 Å². The number of carbonyl (C=O) groups excluding carboxylic acids is 1. The van der Waals surface area contributed by atoms with Gasteiger partial charge in [0, 0.05) is 29.9 Å². The smallest absolute Gasteiger partial charge is 0.293 e. The molecule has 1 heterocycles. The van der Waals surface area contributed by atoms with Gasteiger partial charge >= 0.3 is 0 Å². The fourth-order valence-corrected chi connectivity index (χ4v) is 2.45. The number of benzene rings is 1. The van der Waals surface area contributed by atoms with E-state index in [2.05, 4.69) is 20.8 Å². The quantitative estimate of drug-likeness (QED) is 0.387. The number of nitrogens with zero attached hydrogens (tertiary/aromatic N) is 2. The first-order chi connectivity index (χ1) is 11.9. The number of aromatic amines is 1. The summed E-state index contributed by atoms with van der Waals surface area (Å²) in [5, 5.41) is 24.0. The summed E-state index contributed by atoms with van der Waals surface area (Å²) >= 11 is 0. The van der Waals surface area contributed by atoms with Gasteiger partial charge in [-0.2, -0.15) is 5.10 Å². The van der Waals surface area contributed by atoms with E-state index in [0.717, 1.165) is 24.1 Å². The molecule has 0 bridgehead atoms. The van der Waals surface area contributed by atoms with Crippen molar-refractivity contribution in [2.75, 3.05) is 11.9 Å². The van der Waals surface area contributed by atoms with E-state index in [1.165, 1.54) is 6.07 Å². The average molecular weight is 345 g/mol. The zero-order chi connectivity index (χ0) is 18.4. The maximum absolute atomic E-state index is 12.0. The summed E-state index contributed by atoms with van der Waals surface area (Å²) in [6.45, 7) is 6.22. The molecule has 0 unspecified atom stereocenters. The molecule has 1 aromatic heterocycles. The predicted molar refractivity (Wildman–Crippen MR) is 95.8 cm³/mol. The van der Waals surface area contributed by atoms with Crippen LogP contribution in [0.15, 0.2) is 24.4 Å². The Morgan fingerprint density at radius 2 is 2.16 bits per heavy atom. The maximum atomic E-state index is 12.0. The van der Waals surface area contributed by atoms with Crippen LogP contribution in [0.3, 0.4) is 0 Å². The minimum atomic E-state index is -0.477. The standard InChI is InChI=1S/C17H23N5O3/c1-11(2)20-17(23)13-6-7-15(16(9-13)22(24)25)18-8-4-5-14-10-19-21-12(14)3/h6-7,9-11,18H,4-5,8H2,1-3H3,(H,19,21)(H,20,23). The summed E-state index contributed by atoms with van der Waals surface area (Å²) in [6, 6.07) is 4.44. The van der Waals surface area contributed by atoms with Gasteiger partial charge in [-0.05, 0) is 51.3 Å². The highest BCUT2D eigenvalue weighted by Crippen LogP contribution is 2.25. The van der Waals surface area contributed by atoms with Crippen molar-refractivity contribution in [1.29, 1.82) is 0 Å². The van der Waals surface area contributed by atoms with Crippen molar-refractivity contribution in [3.63, 3.8) is 0 Å². The van der Waals surface area contributed by atoms with Gasteiger partial charge in [-0.15, -0.1) is 0 Å². The van der Waals surface area contributed by atoms with Crippen molar-refractivity contribution in [1.82, 2.24) is 15.5 Å². The number of aryl methyl sites for hydroxylation is 2. The van der Waals surface area contributed by atoms with E-state index < -0.39 is 4.92 Å². The SMILES string of the molecule is Cc1[nH]ncc1CCCNc1ccc(C(=O)NC(C)C)cc1[N+](=O)[O-]. The molecule has 3 N–H and O–H groups in total. The molecule has 0 aliphatic heterocycles. The Labute approximate surface area is 146 Å². The Morgan fingerprint density at radius 3 is 2.76 bits per heavy atom. The van der Waals surface area contributed by atoms with E-state index in [0.29, 0.717) is 12.2 Å². The van der Waals surface area contributed by atoms with E-state index >= 15 is 0 Å². The summed E-state index contributed by atoms with van der Waals surface area (Å²) in [5.41, 5.74) is 2.76. The Hall–Kier alpha value is -2.90. The minimum Gasteiger partial charge on any atom is -0.379 e. The van der Waals surface area contributed by atoms with Crippen molar-refractivity contribution < 1.29 is 9.72 Å². The lowest BCUT2D eigenvalue weighted by Gasteiger charge is -2.10. The molecule has 2 rings (SSSR count). The molecule has 8 nitrogen and oxygen atoms in total. The predicted octanol–water partition coefficient (Wildman–Crippen LogP) is 2.81. The van der Waals surface area contributed by atoms with Crippen LogP contribution < -0.4 is 10.6 Å². The van der Waals surface area contributed by atoms with Crippen molar-refractivity contribution in [2.45, 2.75) is 39.7 Å². The van der Waals surface area contributed by atoms with Gasteiger partial charge in [-0.1, -0.05) is 0 Å². The topological polar surface area (TPSA) is 113 Å². The Morgan fingerprint density at radius 1 is 1.40 bits per heavy atom. The van der Waals surface area contributed by atoms with Crippen LogP contribution in [0.5, 0.6) is 0 Å². The third-order valence-electron chi connectivity index (χ3n) is 3.75. The second kappa shape index (κ2) is 8.27. The van der Waals surface area contributed by atoms with Crippen LogP contribution in [0.4, 0.5) is 11.4 Å². The fraction of sp³-hybridized carbons (Fsp3) is 0.412. The van der Waals surface area contributed by atoms with Crippen molar-refractivity contribution in [2.24, 2.45) is 0 Å².